The third-order valence-corrected chi connectivity index (χ3v) is 1.06. The van der Waals surface area contributed by atoms with Crippen LogP contribution < -0.4 is 0 Å². The molecule has 0 saturated heterocycles. The van der Waals surface area contributed by atoms with Crippen LogP contribution in [-0.4, -0.2) is 54.0 Å². The van der Waals surface area contributed by atoms with Gasteiger partial charge in [-0.05, 0) is 0 Å². The van der Waals surface area contributed by atoms with Crippen molar-refractivity contribution < 1.29 is 29.6 Å². The molecule has 0 spiro atoms. The minimum absolute atomic E-state index is 0.177. The van der Waals surface area contributed by atoms with Gasteiger partial charge in [0, 0.05) is 0 Å². The Bertz CT molecular complexity index is 174. The summed E-state index contributed by atoms with van der Waals surface area (Å²) in [5, 5.41) is 24.0. The van der Waals surface area contributed by atoms with Crippen LogP contribution in [0, 0.1) is 0 Å². The minimum atomic E-state index is -0.954. The Kier molecular flexibility index (Phi) is 14.5. The van der Waals surface area contributed by atoms with Crippen molar-refractivity contribution in [3.8, 4) is 0 Å². The minimum Gasteiger partial charge on any atom is -0.430 e. The molecule has 0 aromatic rings. The predicted octanol–water partition coefficient (Wildman–Crippen LogP) is -0.156. The summed E-state index contributed by atoms with van der Waals surface area (Å²) in [5.74, 6) is 0. The Morgan fingerprint density at radius 3 is 1.69 bits per heavy atom. The highest BCUT2D eigenvalue weighted by molar-refractivity contribution is 5.60. The Morgan fingerprint density at radius 2 is 1.50 bits per heavy atom. The van der Waals surface area contributed by atoms with Crippen LogP contribution >= 0.6 is 0 Å². The fourth-order valence-corrected chi connectivity index (χ4v) is 0.353. The number of aliphatic hydroxyl groups is 3. The topological polar surface area (TPSA) is 96.2 Å². The fourth-order valence-electron chi connectivity index (χ4n) is 0.353. The van der Waals surface area contributed by atoms with Crippen LogP contribution in [0.15, 0.2) is 25.3 Å². The molecule has 0 amide bonds. The van der Waals surface area contributed by atoms with Crippen molar-refractivity contribution in [3.63, 3.8) is 0 Å². The summed E-state index contributed by atoms with van der Waals surface area (Å²) in [6.07, 6.45) is 1.29. The molecule has 0 aromatic carbocycles. The maximum Gasteiger partial charge on any atom is 0.508 e. The van der Waals surface area contributed by atoms with Gasteiger partial charge in [-0.15, -0.1) is 0 Å². The SMILES string of the molecule is C=CCOC(=O)OCC=C.OCC(O)CO. The smallest absolute Gasteiger partial charge is 0.430 e. The molecule has 0 aliphatic carbocycles. The summed E-state index contributed by atoms with van der Waals surface area (Å²) < 4.78 is 8.93. The van der Waals surface area contributed by atoms with Crippen molar-refractivity contribution in [1.29, 1.82) is 0 Å². The third kappa shape index (κ3) is 15.1. The van der Waals surface area contributed by atoms with Gasteiger partial charge < -0.3 is 24.8 Å². The first-order valence-electron chi connectivity index (χ1n) is 4.53. The van der Waals surface area contributed by atoms with Crippen LogP contribution in [0.1, 0.15) is 0 Å². The molecule has 0 unspecified atom stereocenters. The fraction of sp³-hybridized carbons (Fsp3) is 0.500. The average Bonchev–Trinajstić information content (AvgIpc) is 2.33. The molecule has 6 heteroatoms. The molecule has 0 bridgehead atoms. The van der Waals surface area contributed by atoms with Crippen molar-refractivity contribution >= 4 is 6.16 Å². The second kappa shape index (κ2) is 13.6. The van der Waals surface area contributed by atoms with E-state index in [0.717, 1.165) is 0 Å². The summed E-state index contributed by atoms with van der Waals surface area (Å²) >= 11 is 0. The molecular formula is C10H18O6. The number of hydrogen-bond donors (Lipinski definition) is 3. The van der Waals surface area contributed by atoms with Gasteiger partial charge in [0.25, 0.3) is 0 Å². The van der Waals surface area contributed by atoms with E-state index in [4.69, 9.17) is 15.3 Å². The molecule has 0 saturated carbocycles. The molecule has 3 N–H and O–H groups in total. The summed E-state index contributed by atoms with van der Waals surface area (Å²) in [6, 6.07) is 0. The van der Waals surface area contributed by atoms with E-state index in [2.05, 4.69) is 22.6 Å². The molecule has 16 heavy (non-hydrogen) atoms. The first-order chi connectivity index (χ1) is 7.62. The monoisotopic (exact) mass is 234 g/mol. The van der Waals surface area contributed by atoms with E-state index >= 15 is 0 Å². The van der Waals surface area contributed by atoms with Gasteiger partial charge in [-0.2, -0.15) is 0 Å². The van der Waals surface area contributed by atoms with Gasteiger partial charge >= 0.3 is 6.16 Å². The Morgan fingerprint density at radius 1 is 1.12 bits per heavy atom. The van der Waals surface area contributed by atoms with E-state index in [9.17, 15) is 4.79 Å². The van der Waals surface area contributed by atoms with Gasteiger partial charge in [-0.25, -0.2) is 4.79 Å². The van der Waals surface area contributed by atoms with Crippen LogP contribution in [-0.2, 0) is 9.47 Å². The first kappa shape index (κ1) is 17.0. The number of carbonyl (C=O) groups excluding carboxylic acids is 1. The molecule has 0 aliphatic rings. The largest absolute Gasteiger partial charge is 0.508 e. The molecule has 0 aromatic heterocycles. The second-order valence-electron chi connectivity index (χ2n) is 2.47. The summed E-state index contributed by atoms with van der Waals surface area (Å²) in [5.41, 5.74) is 0. The number of ether oxygens (including phenoxy) is 2. The van der Waals surface area contributed by atoms with Crippen molar-refractivity contribution in [1.82, 2.24) is 0 Å². The lowest BCUT2D eigenvalue weighted by atomic mass is 10.4. The lowest BCUT2D eigenvalue weighted by molar-refractivity contribution is 0.0450. The number of carbonyl (C=O) groups is 1. The van der Waals surface area contributed by atoms with Crippen molar-refractivity contribution in [2.45, 2.75) is 6.10 Å². The van der Waals surface area contributed by atoms with E-state index < -0.39 is 12.3 Å². The first-order valence-corrected chi connectivity index (χ1v) is 4.53. The van der Waals surface area contributed by atoms with Gasteiger partial charge in [-0.1, -0.05) is 25.3 Å². The van der Waals surface area contributed by atoms with Crippen molar-refractivity contribution in [2.75, 3.05) is 26.4 Å². The number of hydrogen-bond acceptors (Lipinski definition) is 6. The zero-order valence-electron chi connectivity index (χ0n) is 9.04. The predicted molar refractivity (Wildman–Crippen MR) is 57.9 cm³/mol. The quantitative estimate of drug-likeness (QED) is 0.436. The van der Waals surface area contributed by atoms with Crippen LogP contribution in [0.2, 0.25) is 0 Å². The van der Waals surface area contributed by atoms with Gasteiger partial charge in [0.2, 0.25) is 0 Å². The number of rotatable bonds is 6. The highest BCUT2D eigenvalue weighted by atomic mass is 16.7. The van der Waals surface area contributed by atoms with Gasteiger partial charge in [0.1, 0.15) is 19.3 Å². The zero-order valence-corrected chi connectivity index (χ0v) is 9.04. The molecule has 0 heterocycles. The standard InChI is InChI=1S/C7H10O3.C3H8O3/c1-3-5-9-7(8)10-6-4-2;4-1-3(6)2-5/h3-4H,1-2,5-6H2;3-6H,1-2H2. The van der Waals surface area contributed by atoms with Gasteiger partial charge in [0.15, 0.2) is 0 Å². The lowest BCUT2D eigenvalue weighted by Gasteiger charge is -1.99. The summed E-state index contributed by atoms with van der Waals surface area (Å²) in [7, 11) is 0. The Balaban J connectivity index is 0. The third-order valence-electron chi connectivity index (χ3n) is 1.06. The van der Waals surface area contributed by atoms with Crippen LogP contribution in [0.5, 0.6) is 0 Å². The van der Waals surface area contributed by atoms with Gasteiger partial charge in [-0.3, -0.25) is 0 Å². The second-order valence-corrected chi connectivity index (χ2v) is 2.47. The average molecular weight is 234 g/mol. The Labute approximate surface area is 94.4 Å². The Hall–Kier alpha value is -1.37. The van der Waals surface area contributed by atoms with E-state index in [0.29, 0.717) is 0 Å². The zero-order chi connectivity index (χ0) is 12.8. The molecule has 0 atom stereocenters. The molecule has 0 fully saturated rings. The highest BCUT2D eigenvalue weighted by Gasteiger charge is 1.97. The highest BCUT2D eigenvalue weighted by Crippen LogP contribution is 1.84. The molecule has 94 valence electrons. The van der Waals surface area contributed by atoms with Crippen molar-refractivity contribution in [3.05, 3.63) is 25.3 Å². The van der Waals surface area contributed by atoms with Gasteiger partial charge in [0.05, 0.1) is 13.2 Å². The van der Waals surface area contributed by atoms with E-state index in [-0.39, 0.29) is 26.4 Å². The summed E-state index contributed by atoms with van der Waals surface area (Å²) in [6.45, 7) is 6.34. The van der Waals surface area contributed by atoms with Crippen LogP contribution in [0.3, 0.4) is 0 Å². The molecule has 6 nitrogen and oxygen atoms in total. The number of aliphatic hydroxyl groups excluding tert-OH is 3. The molecule has 0 rings (SSSR count). The normalized spacial score (nSPS) is 8.75. The maximum atomic E-state index is 10.4. The van der Waals surface area contributed by atoms with E-state index in [1.165, 1.54) is 12.2 Å². The lowest BCUT2D eigenvalue weighted by Crippen LogP contribution is -2.15. The van der Waals surface area contributed by atoms with E-state index in [1.54, 1.807) is 0 Å². The van der Waals surface area contributed by atoms with E-state index in [1.807, 2.05) is 0 Å². The van der Waals surface area contributed by atoms with Crippen molar-refractivity contribution in [2.24, 2.45) is 0 Å². The van der Waals surface area contributed by atoms with Crippen LogP contribution in [0.25, 0.3) is 0 Å². The summed E-state index contributed by atoms with van der Waals surface area (Å²) in [4.78, 5) is 10.4. The maximum absolute atomic E-state index is 10.4. The molecule has 0 radical (unpaired) electrons. The molecular weight excluding hydrogens is 216 g/mol. The van der Waals surface area contributed by atoms with Crippen LogP contribution in [0.4, 0.5) is 4.79 Å². The molecule has 0 aliphatic heterocycles.